The lowest BCUT2D eigenvalue weighted by molar-refractivity contribution is 0.247. The van der Waals surface area contributed by atoms with Crippen molar-refractivity contribution < 1.29 is 0 Å². The molecule has 0 amide bonds. The van der Waals surface area contributed by atoms with Gasteiger partial charge in [0.2, 0.25) is 0 Å². The van der Waals surface area contributed by atoms with E-state index in [1.54, 1.807) is 0 Å². The molecule has 0 N–H and O–H groups in total. The summed E-state index contributed by atoms with van der Waals surface area (Å²) in [5.74, 6) is 0. The van der Waals surface area contributed by atoms with Crippen LogP contribution in [0.2, 0.25) is 5.02 Å². The van der Waals surface area contributed by atoms with Gasteiger partial charge in [0, 0.05) is 29.1 Å². The second-order valence-corrected chi connectivity index (χ2v) is 7.14. The zero-order chi connectivity index (χ0) is 16.8. The molecular formula is C21H19BrClN. The second kappa shape index (κ2) is 8.48. The van der Waals surface area contributed by atoms with Crippen molar-refractivity contribution in [2.45, 2.75) is 19.6 Å². The van der Waals surface area contributed by atoms with Crippen LogP contribution in [0.25, 0.3) is 0 Å². The van der Waals surface area contributed by atoms with Crippen LogP contribution >= 0.6 is 27.5 Å². The first kappa shape index (κ1) is 17.2. The lowest BCUT2D eigenvalue weighted by Crippen LogP contribution is -2.22. The van der Waals surface area contributed by atoms with Crippen molar-refractivity contribution in [3.05, 3.63) is 105 Å². The normalized spacial score (nSPS) is 11.0. The van der Waals surface area contributed by atoms with Crippen LogP contribution in [0.3, 0.4) is 0 Å². The lowest BCUT2D eigenvalue weighted by atomic mass is 10.1. The topological polar surface area (TPSA) is 3.24 Å². The van der Waals surface area contributed by atoms with Crippen molar-refractivity contribution in [2.75, 3.05) is 0 Å². The monoisotopic (exact) mass is 399 g/mol. The average Bonchev–Trinajstić information content (AvgIpc) is 2.60. The molecule has 3 aromatic carbocycles. The van der Waals surface area contributed by atoms with Gasteiger partial charge in [0.15, 0.2) is 0 Å². The minimum Gasteiger partial charge on any atom is -0.291 e. The molecule has 3 heteroatoms. The summed E-state index contributed by atoms with van der Waals surface area (Å²) in [7, 11) is 0. The van der Waals surface area contributed by atoms with Gasteiger partial charge in [0.25, 0.3) is 0 Å². The van der Waals surface area contributed by atoms with Crippen molar-refractivity contribution in [2.24, 2.45) is 0 Å². The highest BCUT2D eigenvalue weighted by Crippen LogP contribution is 2.24. The third-order valence-corrected chi connectivity index (χ3v) is 4.91. The molecule has 0 radical (unpaired) electrons. The summed E-state index contributed by atoms with van der Waals surface area (Å²) in [4.78, 5) is 2.43. The molecule has 24 heavy (non-hydrogen) atoms. The van der Waals surface area contributed by atoms with Crippen molar-refractivity contribution in [1.82, 2.24) is 4.90 Å². The average molecular weight is 401 g/mol. The van der Waals surface area contributed by atoms with Crippen molar-refractivity contribution in [1.29, 1.82) is 0 Å². The first-order valence-electron chi connectivity index (χ1n) is 7.95. The molecule has 0 saturated carbocycles. The van der Waals surface area contributed by atoms with Gasteiger partial charge in [0.1, 0.15) is 0 Å². The van der Waals surface area contributed by atoms with E-state index in [2.05, 4.69) is 81.5 Å². The lowest BCUT2D eigenvalue weighted by Gasteiger charge is -2.23. The summed E-state index contributed by atoms with van der Waals surface area (Å²) in [6.07, 6.45) is 0. The highest BCUT2D eigenvalue weighted by Gasteiger charge is 2.11. The van der Waals surface area contributed by atoms with E-state index in [9.17, 15) is 0 Å². The summed E-state index contributed by atoms with van der Waals surface area (Å²) in [5.41, 5.74) is 3.83. The molecule has 0 atom stereocenters. The van der Waals surface area contributed by atoms with E-state index in [0.29, 0.717) is 0 Å². The van der Waals surface area contributed by atoms with Gasteiger partial charge in [0.05, 0.1) is 0 Å². The maximum absolute atomic E-state index is 6.18. The zero-order valence-corrected chi connectivity index (χ0v) is 15.7. The molecule has 1 nitrogen and oxygen atoms in total. The van der Waals surface area contributed by atoms with Gasteiger partial charge >= 0.3 is 0 Å². The Morgan fingerprint density at radius 1 is 0.708 bits per heavy atom. The van der Waals surface area contributed by atoms with E-state index >= 15 is 0 Å². The van der Waals surface area contributed by atoms with E-state index in [4.69, 9.17) is 11.6 Å². The quantitative estimate of drug-likeness (QED) is 0.469. The fourth-order valence-corrected chi connectivity index (χ4v) is 3.32. The van der Waals surface area contributed by atoms with E-state index in [1.165, 1.54) is 16.7 Å². The Kier molecular flexibility index (Phi) is 6.08. The second-order valence-electron chi connectivity index (χ2n) is 5.85. The minimum absolute atomic E-state index is 0.771. The van der Waals surface area contributed by atoms with Crippen LogP contribution in [0, 0.1) is 0 Å². The third kappa shape index (κ3) is 4.94. The summed E-state index contributed by atoms with van der Waals surface area (Å²) in [5, 5.41) is 0.771. The van der Waals surface area contributed by atoms with Gasteiger partial charge in [-0.15, -0.1) is 0 Å². The number of nitrogens with zero attached hydrogens (tertiary/aromatic N) is 1. The zero-order valence-electron chi connectivity index (χ0n) is 13.3. The summed E-state index contributed by atoms with van der Waals surface area (Å²) >= 11 is 9.83. The maximum atomic E-state index is 6.18. The molecule has 3 rings (SSSR count). The Labute approximate surface area is 157 Å². The Hall–Kier alpha value is -1.61. The fourth-order valence-electron chi connectivity index (χ4n) is 2.76. The van der Waals surface area contributed by atoms with Gasteiger partial charge in [-0.25, -0.2) is 0 Å². The molecule has 122 valence electrons. The molecule has 0 unspecified atom stereocenters. The summed E-state index contributed by atoms with van der Waals surface area (Å²) < 4.78 is 1.10. The predicted molar refractivity (Wildman–Crippen MR) is 105 cm³/mol. The molecule has 3 aromatic rings. The smallest absolute Gasteiger partial charge is 0.0410 e. The van der Waals surface area contributed by atoms with Crippen LogP contribution in [-0.2, 0) is 19.6 Å². The largest absolute Gasteiger partial charge is 0.291 e. The van der Waals surface area contributed by atoms with Crippen LogP contribution in [0.15, 0.2) is 83.3 Å². The number of rotatable bonds is 6. The Bertz CT molecular complexity index is 733. The SMILES string of the molecule is Clc1ccc(Br)c(CN(Cc2ccccc2)Cc2ccccc2)c1. The molecule has 0 aliphatic rings. The van der Waals surface area contributed by atoms with Crippen molar-refractivity contribution in [3.8, 4) is 0 Å². The molecular weight excluding hydrogens is 382 g/mol. The van der Waals surface area contributed by atoms with Crippen molar-refractivity contribution in [3.63, 3.8) is 0 Å². The first-order chi connectivity index (χ1) is 11.7. The predicted octanol–water partition coefficient (Wildman–Crippen LogP) is 6.30. The van der Waals surface area contributed by atoms with Gasteiger partial charge < -0.3 is 0 Å². The standard InChI is InChI=1S/C21H19BrClN/c22-21-12-11-20(23)13-19(21)16-24(14-17-7-3-1-4-8-17)15-18-9-5-2-6-10-18/h1-13H,14-16H2. The van der Waals surface area contributed by atoms with Crippen molar-refractivity contribution >= 4 is 27.5 Å². The Morgan fingerprint density at radius 2 is 1.25 bits per heavy atom. The van der Waals surface area contributed by atoms with Crippen LogP contribution in [-0.4, -0.2) is 4.90 Å². The number of benzene rings is 3. The minimum atomic E-state index is 0.771. The molecule has 0 bridgehead atoms. The van der Waals surface area contributed by atoms with Crippen LogP contribution in [0.1, 0.15) is 16.7 Å². The molecule has 0 fully saturated rings. The summed E-state index contributed by atoms with van der Waals surface area (Å²) in [6, 6.07) is 27.1. The molecule has 0 aromatic heterocycles. The Balaban J connectivity index is 1.82. The number of hydrogen-bond acceptors (Lipinski definition) is 1. The Morgan fingerprint density at radius 3 is 1.79 bits per heavy atom. The van der Waals surface area contributed by atoms with E-state index in [-0.39, 0.29) is 0 Å². The maximum Gasteiger partial charge on any atom is 0.0410 e. The van der Waals surface area contributed by atoms with Crippen LogP contribution in [0.4, 0.5) is 0 Å². The molecule has 0 heterocycles. The van der Waals surface area contributed by atoms with Crippen LogP contribution in [0.5, 0.6) is 0 Å². The van der Waals surface area contributed by atoms with Gasteiger partial charge in [-0.3, -0.25) is 4.90 Å². The number of halogens is 2. The molecule has 0 spiro atoms. The summed E-state index contributed by atoms with van der Waals surface area (Å²) in [6.45, 7) is 2.63. The van der Waals surface area contributed by atoms with Crippen LogP contribution < -0.4 is 0 Å². The van der Waals surface area contributed by atoms with Gasteiger partial charge in [-0.2, -0.15) is 0 Å². The highest BCUT2D eigenvalue weighted by atomic mass is 79.9. The highest BCUT2D eigenvalue weighted by molar-refractivity contribution is 9.10. The fraction of sp³-hybridized carbons (Fsp3) is 0.143. The van der Waals surface area contributed by atoms with E-state index < -0.39 is 0 Å². The first-order valence-corrected chi connectivity index (χ1v) is 9.12. The van der Waals surface area contributed by atoms with E-state index in [0.717, 1.165) is 29.1 Å². The molecule has 0 aliphatic carbocycles. The number of hydrogen-bond donors (Lipinski definition) is 0. The van der Waals surface area contributed by atoms with Gasteiger partial charge in [-0.05, 0) is 34.9 Å². The third-order valence-electron chi connectivity index (χ3n) is 3.90. The van der Waals surface area contributed by atoms with Gasteiger partial charge in [-0.1, -0.05) is 88.2 Å². The molecule has 0 aliphatic heterocycles. The molecule has 0 saturated heterocycles. The van der Waals surface area contributed by atoms with E-state index in [1.807, 2.05) is 18.2 Å².